The van der Waals surface area contributed by atoms with E-state index >= 15 is 0 Å². The molecular weight excluding hydrogens is 236 g/mol. The average Bonchev–Trinajstić information content (AvgIpc) is 2.76. The SMILES string of the molecule is CC(C)(C)NC(=O)C1CCCN1Cc1ccccc1. The van der Waals surface area contributed by atoms with E-state index in [1.807, 2.05) is 26.8 Å². The van der Waals surface area contributed by atoms with E-state index in [2.05, 4.69) is 34.5 Å². The zero-order valence-electron chi connectivity index (χ0n) is 12.1. The van der Waals surface area contributed by atoms with Gasteiger partial charge in [-0.1, -0.05) is 30.3 Å². The fraction of sp³-hybridized carbons (Fsp3) is 0.562. The number of hydrogen-bond acceptors (Lipinski definition) is 2. The van der Waals surface area contributed by atoms with Crippen LogP contribution < -0.4 is 5.32 Å². The molecule has 1 aliphatic heterocycles. The molecule has 0 bridgehead atoms. The molecule has 1 atom stereocenters. The molecule has 1 amide bonds. The Bertz CT molecular complexity index is 422. The number of likely N-dealkylation sites (tertiary alicyclic amines) is 1. The Hall–Kier alpha value is -1.35. The quantitative estimate of drug-likeness (QED) is 0.906. The number of nitrogens with one attached hydrogen (secondary N) is 1. The van der Waals surface area contributed by atoms with Crippen LogP contribution in [0.25, 0.3) is 0 Å². The monoisotopic (exact) mass is 260 g/mol. The summed E-state index contributed by atoms with van der Waals surface area (Å²) in [7, 11) is 0. The maximum Gasteiger partial charge on any atom is 0.237 e. The van der Waals surface area contributed by atoms with E-state index in [0.717, 1.165) is 25.9 Å². The molecule has 1 heterocycles. The summed E-state index contributed by atoms with van der Waals surface area (Å²) >= 11 is 0. The largest absolute Gasteiger partial charge is 0.350 e. The van der Waals surface area contributed by atoms with Gasteiger partial charge >= 0.3 is 0 Å². The summed E-state index contributed by atoms with van der Waals surface area (Å²) < 4.78 is 0. The van der Waals surface area contributed by atoms with Crippen molar-refractivity contribution in [1.29, 1.82) is 0 Å². The minimum atomic E-state index is -0.155. The second-order valence-corrected chi connectivity index (χ2v) is 6.35. The highest BCUT2D eigenvalue weighted by Crippen LogP contribution is 2.20. The molecule has 0 aromatic heterocycles. The van der Waals surface area contributed by atoms with Gasteiger partial charge in [0.15, 0.2) is 0 Å². The summed E-state index contributed by atoms with van der Waals surface area (Å²) in [5.41, 5.74) is 1.12. The zero-order chi connectivity index (χ0) is 13.9. The van der Waals surface area contributed by atoms with Crippen molar-refractivity contribution in [3.05, 3.63) is 35.9 Å². The number of hydrogen-bond donors (Lipinski definition) is 1. The van der Waals surface area contributed by atoms with Crippen molar-refractivity contribution in [1.82, 2.24) is 10.2 Å². The van der Waals surface area contributed by atoms with E-state index in [1.54, 1.807) is 0 Å². The van der Waals surface area contributed by atoms with E-state index in [1.165, 1.54) is 5.56 Å². The van der Waals surface area contributed by atoms with Gasteiger partial charge in [0, 0.05) is 12.1 Å². The molecule has 0 radical (unpaired) electrons. The lowest BCUT2D eigenvalue weighted by atomic mass is 10.1. The Morgan fingerprint density at radius 2 is 2.00 bits per heavy atom. The fourth-order valence-electron chi connectivity index (χ4n) is 2.58. The van der Waals surface area contributed by atoms with E-state index < -0.39 is 0 Å². The van der Waals surface area contributed by atoms with Crippen molar-refractivity contribution < 1.29 is 4.79 Å². The molecule has 1 saturated heterocycles. The smallest absolute Gasteiger partial charge is 0.237 e. The highest BCUT2D eigenvalue weighted by molar-refractivity contribution is 5.82. The third-order valence-corrected chi connectivity index (χ3v) is 3.39. The maximum absolute atomic E-state index is 12.3. The highest BCUT2D eigenvalue weighted by Gasteiger charge is 2.32. The van der Waals surface area contributed by atoms with Gasteiger partial charge in [0.05, 0.1) is 6.04 Å². The number of carbonyl (C=O) groups is 1. The predicted molar refractivity (Wildman–Crippen MR) is 77.8 cm³/mol. The van der Waals surface area contributed by atoms with Gasteiger partial charge in [-0.2, -0.15) is 0 Å². The first-order valence-corrected chi connectivity index (χ1v) is 7.06. The number of benzene rings is 1. The summed E-state index contributed by atoms with van der Waals surface area (Å²) in [4.78, 5) is 14.6. The van der Waals surface area contributed by atoms with E-state index in [0.29, 0.717) is 0 Å². The maximum atomic E-state index is 12.3. The van der Waals surface area contributed by atoms with Gasteiger partial charge in [-0.05, 0) is 45.7 Å². The van der Waals surface area contributed by atoms with E-state index in [9.17, 15) is 4.79 Å². The molecule has 1 aliphatic rings. The van der Waals surface area contributed by atoms with Crippen molar-refractivity contribution in [3.8, 4) is 0 Å². The first-order valence-electron chi connectivity index (χ1n) is 7.06. The van der Waals surface area contributed by atoms with Gasteiger partial charge < -0.3 is 5.32 Å². The Balaban J connectivity index is 1.99. The lowest BCUT2D eigenvalue weighted by Crippen LogP contribution is -2.49. The molecule has 1 fully saturated rings. The lowest BCUT2D eigenvalue weighted by Gasteiger charge is -2.28. The first kappa shape index (κ1) is 14.1. The van der Waals surface area contributed by atoms with Crippen LogP contribution in [0.3, 0.4) is 0 Å². The molecule has 3 heteroatoms. The first-order chi connectivity index (χ1) is 8.96. The van der Waals surface area contributed by atoms with Crippen LogP contribution in [0.5, 0.6) is 0 Å². The standard InChI is InChI=1S/C16H24N2O/c1-16(2,3)17-15(19)14-10-7-11-18(14)12-13-8-5-4-6-9-13/h4-6,8-9,14H,7,10-12H2,1-3H3,(H,17,19). The van der Waals surface area contributed by atoms with Gasteiger partial charge in [-0.15, -0.1) is 0 Å². The molecule has 104 valence electrons. The van der Waals surface area contributed by atoms with Crippen molar-refractivity contribution >= 4 is 5.91 Å². The summed E-state index contributed by atoms with van der Waals surface area (Å²) in [6.07, 6.45) is 2.07. The Labute approximate surface area is 116 Å². The van der Waals surface area contributed by atoms with Crippen LogP contribution >= 0.6 is 0 Å². The summed E-state index contributed by atoms with van der Waals surface area (Å²) in [6.45, 7) is 7.96. The topological polar surface area (TPSA) is 32.3 Å². The Morgan fingerprint density at radius 3 is 2.63 bits per heavy atom. The highest BCUT2D eigenvalue weighted by atomic mass is 16.2. The molecule has 1 aromatic carbocycles. The van der Waals surface area contributed by atoms with Crippen LogP contribution in [-0.2, 0) is 11.3 Å². The molecule has 3 nitrogen and oxygen atoms in total. The lowest BCUT2D eigenvalue weighted by molar-refractivity contribution is -0.127. The van der Waals surface area contributed by atoms with E-state index in [4.69, 9.17) is 0 Å². The summed E-state index contributed by atoms with van der Waals surface area (Å²) in [6, 6.07) is 10.4. The van der Waals surface area contributed by atoms with Crippen molar-refractivity contribution in [3.63, 3.8) is 0 Å². The minimum absolute atomic E-state index is 0.0273. The van der Waals surface area contributed by atoms with Crippen molar-refractivity contribution in [2.75, 3.05) is 6.54 Å². The number of nitrogens with zero attached hydrogens (tertiary/aromatic N) is 1. The van der Waals surface area contributed by atoms with Gasteiger partial charge in [-0.25, -0.2) is 0 Å². The van der Waals surface area contributed by atoms with E-state index in [-0.39, 0.29) is 17.5 Å². The molecule has 0 spiro atoms. The van der Waals surface area contributed by atoms with Crippen LogP contribution in [0.1, 0.15) is 39.2 Å². The Morgan fingerprint density at radius 1 is 1.32 bits per heavy atom. The fourth-order valence-corrected chi connectivity index (χ4v) is 2.58. The van der Waals surface area contributed by atoms with Crippen LogP contribution in [0.15, 0.2) is 30.3 Å². The van der Waals surface area contributed by atoms with Crippen LogP contribution in [0.2, 0.25) is 0 Å². The Kier molecular flexibility index (Phi) is 4.25. The van der Waals surface area contributed by atoms with Crippen LogP contribution in [0.4, 0.5) is 0 Å². The summed E-state index contributed by atoms with van der Waals surface area (Å²) in [5.74, 6) is 0.168. The average molecular weight is 260 g/mol. The van der Waals surface area contributed by atoms with Gasteiger partial charge in [0.25, 0.3) is 0 Å². The zero-order valence-corrected chi connectivity index (χ0v) is 12.1. The molecule has 0 aliphatic carbocycles. The molecule has 19 heavy (non-hydrogen) atoms. The third kappa shape index (κ3) is 4.06. The molecule has 1 unspecified atom stereocenters. The number of amides is 1. The second-order valence-electron chi connectivity index (χ2n) is 6.35. The van der Waals surface area contributed by atoms with Gasteiger partial charge in [0.1, 0.15) is 0 Å². The minimum Gasteiger partial charge on any atom is -0.350 e. The predicted octanol–water partition coefficient (Wildman–Crippen LogP) is 2.57. The summed E-state index contributed by atoms with van der Waals surface area (Å²) in [5, 5.41) is 3.10. The molecule has 1 N–H and O–H groups in total. The van der Waals surface area contributed by atoms with Crippen LogP contribution in [-0.4, -0.2) is 28.9 Å². The second kappa shape index (κ2) is 5.74. The van der Waals surface area contributed by atoms with Crippen molar-refractivity contribution in [2.45, 2.75) is 51.7 Å². The van der Waals surface area contributed by atoms with Gasteiger partial charge in [-0.3, -0.25) is 9.69 Å². The van der Waals surface area contributed by atoms with Crippen LogP contribution in [0, 0.1) is 0 Å². The molecular formula is C16H24N2O. The van der Waals surface area contributed by atoms with Crippen molar-refractivity contribution in [2.24, 2.45) is 0 Å². The third-order valence-electron chi connectivity index (χ3n) is 3.39. The molecule has 2 rings (SSSR count). The normalized spacial score (nSPS) is 20.5. The number of carbonyl (C=O) groups excluding carboxylic acids is 1. The number of rotatable bonds is 3. The molecule has 0 saturated carbocycles. The molecule has 1 aromatic rings. The van der Waals surface area contributed by atoms with Gasteiger partial charge in [0.2, 0.25) is 5.91 Å².